The molecule has 1 aromatic carbocycles. The maximum absolute atomic E-state index is 11.7. The molecule has 0 heterocycles. The van der Waals surface area contributed by atoms with E-state index in [1.165, 1.54) is 12.1 Å². The summed E-state index contributed by atoms with van der Waals surface area (Å²) >= 11 is 0. The van der Waals surface area contributed by atoms with Crippen LogP contribution in [0, 0.1) is 5.41 Å². The third-order valence-corrected chi connectivity index (χ3v) is 2.52. The zero-order valence-electron chi connectivity index (χ0n) is 10.2. The molecule has 0 unspecified atom stereocenters. The molecule has 0 radical (unpaired) electrons. The highest BCUT2D eigenvalue weighted by Gasteiger charge is 2.25. The predicted molar refractivity (Wildman–Crippen MR) is 65.1 cm³/mol. The van der Waals surface area contributed by atoms with Gasteiger partial charge >= 0.3 is 0 Å². The summed E-state index contributed by atoms with van der Waals surface area (Å²) < 4.78 is 0. The van der Waals surface area contributed by atoms with Gasteiger partial charge in [0.25, 0.3) is 5.91 Å². The minimum Gasteiger partial charge on any atom is -0.508 e. The summed E-state index contributed by atoms with van der Waals surface area (Å²) in [5.74, 6) is -1.46. The van der Waals surface area contributed by atoms with Gasteiger partial charge in [0.15, 0.2) is 0 Å². The summed E-state index contributed by atoms with van der Waals surface area (Å²) in [5, 5.41) is 21.0. The third kappa shape index (κ3) is 3.38. The van der Waals surface area contributed by atoms with E-state index < -0.39 is 17.2 Å². The second kappa shape index (κ2) is 4.95. The lowest BCUT2D eigenvalue weighted by Crippen LogP contribution is -2.42. The van der Waals surface area contributed by atoms with Crippen molar-refractivity contribution in [2.45, 2.75) is 13.8 Å². The molecule has 18 heavy (non-hydrogen) atoms. The van der Waals surface area contributed by atoms with Crippen molar-refractivity contribution in [3.05, 3.63) is 23.8 Å². The predicted octanol–water partition coefficient (Wildman–Crippen LogP) is 0.339. The van der Waals surface area contributed by atoms with Crippen LogP contribution in [0.5, 0.6) is 11.5 Å². The van der Waals surface area contributed by atoms with E-state index in [0.29, 0.717) is 0 Å². The number of aromatic hydroxyl groups is 2. The number of primary amides is 1. The van der Waals surface area contributed by atoms with E-state index in [2.05, 4.69) is 5.32 Å². The lowest BCUT2D eigenvalue weighted by Gasteiger charge is -2.20. The fourth-order valence-electron chi connectivity index (χ4n) is 1.22. The van der Waals surface area contributed by atoms with Gasteiger partial charge in [-0.1, -0.05) is 0 Å². The number of amides is 2. The van der Waals surface area contributed by atoms with Crippen molar-refractivity contribution in [3.8, 4) is 11.5 Å². The molecule has 1 rings (SSSR count). The van der Waals surface area contributed by atoms with Crippen LogP contribution in [0.4, 0.5) is 0 Å². The molecule has 0 aliphatic heterocycles. The van der Waals surface area contributed by atoms with Crippen molar-refractivity contribution in [2.24, 2.45) is 11.1 Å². The first-order valence-electron chi connectivity index (χ1n) is 5.33. The number of carbonyl (C=O) groups is 2. The van der Waals surface area contributed by atoms with Crippen molar-refractivity contribution in [1.82, 2.24) is 5.32 Å². The number of phenols is 2. The molecule has 5 N–H and O–H groups in total. The first-order valence-corrected chi connectivity index (χ1v) is 5.33. The zero-order chi connectivity index (χ0) is 13.9. The lowest BCUT2D eigenvalue weighted by molar-refractivity contribution is -0.125. The highest BCUT2D eigenvalue weighted by atomic mass is 16.3. The van der Waals surface area contributed by atoms with E-state index in [-0.39, 0.29) is 23.6 Å². The van der Waals surface area contributed by atoms with Crippen molar-refractivity contribution >= 4 is 11.8 Å². The van der Waals surface area contributed by atoms with Crippen molar-refractivity contribution < 1.29 is 19.8 Å². The monoisotopic (exact) mass is 252 g/mol. The number of benzene rings is 1. The van der Waals surface area contributed by atoms with Gasteiger partial charge in [0, 0.05) is 18.2 Å². The number of nitrogens with one attached hydrogen (secondary N) is 1. The molecule has 2 amide bonds. The van der Waals surface area contributed by atoms with Crippen LogP contribution in [0.3, 0.4) is 0 Å². The van der Waals surface area contributed by atoms with Gasteiger partial charge in [-0.2, -0.15) is 0 Å². The van der Waals surface area contributed by atoms with E-state index >= 15 is 0 Å². The molecule has 0 aliphatic rings. The Morgan fingerprint density at radius 2 is 1.72 bits per heavy atom. The molecule has 0 fully saturated rings. The van der Waals surface area contributed by atoms with Crippen LogP contribution in [-0.2, 0) is 4.79 Å². The Morgan fingerprint density at radius 3 is 2.17 bits per heavy atom. The SMILES string of the molecule is CC(C)(CNC(=O)c1cc(O)cc(O)c1)C(N)=O. The Hall–Kier alpha value is -2.24. The smallest absolute Gasteiger partial charge is 0.251 e. The maximum atomic E-state index is 11.7. The third-order valence-electron chi connectivity index (χ3n) is 2.52. The van der Waals surface area contributed by atoms with Gasteiger partial charge in [-0.25, -0.2) is 0 Å². The fourth-order valence-corrected chi connectivity index (χ4v) is 1.22. The number of nitrogens with two attached hydrogens (primary N) is 1. The lowest BCUT2D eigenvalue weighted by atomic mass is 9.92. The molecule has 98 valence electrons. The summed E-state index contributed by atoms with van der Waals surface area (Å²) in [6.07, 6.45) is 0. The van der Waals surface area contributed by atoms with E-state index in [9.17, 15) is 19.8 Å². The van der Waals surface area contributed by atoms with E-state index in [1.807, 2.05) is 0 Å². The summed E-state index contributed by atoms with van der Waals surface area (Å²) in [6, 6.07) is 3.54. The molecule has 0 bridgehead atoms. The van der Waals surface area contributed by atoms with Crippen molar-refractivity contribution in [3.63, 3.8) is 0 Å². The molecule has 6 nitrogen and oxygen atoms in total. The van der Waals surface area contributed by atoms with Crippen LogP contribution in [-0.4, -0.2) is 28.6 Å². The minimum absolute atomic E-state index is 0.0670. The number of phenolic OH excluding ortho intramolecular Hbond substituents is 2. The second-order valence-corrected chi connectivity index (χ2v) is 4.67. The summed E-state index contributed by atoms with van der Waals surface area (Å²) in [5.41, 5.74) is 4.41. The molecule has 0 atom stereocenters. The first-order chi connectivity index (χ1) is 8.22. The highest BCUT2D eigenvalue weighted by molar-refractivity contribution is 5.95. The van der Waals surface area contributed by atoms with Gasteiger partial charge < -0.3 is 21.3 Å². The van der Waals surface area contributed by atoms with Gasteiger partial charge in [-0.3, -0.25) is 9.59 Å². The Labute approximate surface area is 104 Å². The summed E-state index contributed by atoms with van der Waals surface area (Å²) in [6.45, 7) is 3.28. The van der Waals surface area contributed by atoms with Gasteiger partial charge in [0.2, 0.25) is 5.91 Å². The van der Waals surface area contributed by atoms with E-state index in [1.54, 1.807) is 13.8 Å². The molecule has 0 aliphatic carbocycles. The molecule has 0 saturated heterocycles. The Morgan fingerprint density at radius 1 is 1.22 bits per heavy atom. The van der Waals surface area contributed by atoms with Crippen molar-refractivity contribution in [1.29, 1.82) is 0 Å². The number of hydrogen-bond donors (Lipinski definition) is 4. The molecule has 0 spiro atoms. The highest BCUT2D eigenvalue weighted by Crippen LogP contribution is 2.20. The van der Waals surface area contributed by atoms with Gasteiger partial charge in [0.05, 0.1) is 5.41 Å². The first kappa shape index (κ1) is 13.8. The normalized spacial score (nSPS) is 11.0. The van der Waals surface area contributed by atoms with Crippen LogP contribution < -0.4 is 11.1 Å². The Kier molecular flexibility index (Phi) is 3.80. The Balaban J connectivity index is 2.75. The molecule has 6 heteroatoms. The maximum Gasteiger partial charge on any atom is 0.251 e. The minimum atomic E-state index is -0.867. The number of hydrogen-bond acceptors (Lipinski definition) is 4. The molecule has 1 aromatic rings. The number of rotatable bonds is 4. The van der Waals surface area contributed by atoms with Crippen molar-refractivity contribution in [2.75, 3.05) is 6.54 Å². The molecular weight excluding hydrogens is 236 g/mol. The van der Waals surface area contributed by atoms with Crippen LogP contribution >= 0.6 is 0 Å². The largest absolute Gasteiger partial charge is 0.508 e. The van der Waals surface area contributed by atoms with E-state index in [4.69, 9.17) is 5.73 Å². The topological polar surface area (TPSA) is 113 Å². The molecular formula is C12H16N2O4. The summed E-state index contributed by atoms with van der Waals surface area (Å²) in [4.78, 5) is 22.8. The van der Waals surface area contributed by atoms with Crippen LogP contribution in [0.15, 0.2) is 18.2 Å². The van der Waals surface area contributed by atoms with E-state index in [0.717, 1.165) is 6.07 Å². The van der Waals surface area contributed by atoms with Crippen LogP contribution in [0.1, 0.15) is 24.2 Å². The summed E-state index contributed by atoms with van der Waals surface area (Å²) in [7, 11) is 0. The Bertz CT molecular complexity index is 463. The number of carbonyl (C=O) groups excluding carboxylic acids is 2. The standard InChI is InChI=1S/C12H16N2O4/c1-12(2,11(13)18)6-14-10(17)7-3-8(15)5-9(16)4-7/h3-5,15-16H,6H2,1-2H3,(H2,13,18)(H,14,17). The quantitative estimate of drug-likeness (QED) is 0.618. The van der Waals surface area contributed by atoms with Crippen LogP contribution in [0.25, 0.3) is 0 Å². The fraction of sp³-hybridized carbons (Fsp3) is 0.333. The van der Waals surface area contributed by atoms with Crippen LogP contribution in [0.2, 0.25) is 0 Å². The molecule has 0 saturated carbocycles. The average Bonchev–Trinajstić information content (AvgIpc) is 2.24. The average molecular weight is 252 g/mol. The molecule has 0 aromatic heterocycles. The van der Waals surface area contributed by atoms with Gasteiger partial charge in [0.1, 0.15) is 11.5 Å². The van der Waals surface area contributed by atoms with Gasteiger partial charge in [-0.05, 0) is 26.0 Å². The van der Waals surface area contributed by atoms with Gasteiger partial charge in [-0.15, -0.1) is 0 Å². The second-order valence-electron chi connectivity index (χ2n) is 4.67. The zero-order valence-corrected chi connectivity index (χ0v) is 10.2.